The lowest BCUT2D eigenvalue weighted by Gasteiger charge is -2.21. The van der Waals surface area contributed by atoms with E-state index in [2.05, 4.69) is 11.9 Å². The molecule has 14 heavy (non-hydrogen) atoms. The van der Waals surface area contributed by atoms with Gasteiger partial charge in [0.05, 0.1) is 6.10 Å². The molecule has 0 spiro atoms. The monoisotopic (exact) mass is 203 g/mol. The van der Waals surface area contributed by atoms with E-state index in [1.807, 2.05) is 6.92 Å². The SMILES string of the molecule is C=CC.CN[C@H](C(=O)O)[C@H](O)C(C)C. The van der Waals surface area contributed by atoms with Gasteiger partial charge in [-0.2, -0.15) is 0 Å². The molecule has 4 heteroatoms. The Hall–Kier alpha value is -0.870. The number of aliphatic hydroxyl groups is 1. The van der Waals surface area contributed by atoms with Crippen LogP contribution >= 0.6 is 0 Å². The van der Waals surface area contributed by atoms with Crippen LogP contribution in [0.3, 0.4) is 0 Å². The summed E-state index contributed by atoms with van der Waals surface area (Å²) in [7, 11) is 1.52. The van der Waals surface area contributed by atoms with Crippen molar-refractivity contribution >= 4 is 5.97 Å². The van der Waals surface area contributed by atoms with Crippen molar-refractivity contribution in [1.82, 2.24) is 5.32 Å². The normalized spacial score (nSPS) is 13.9. The molecular formula is C10H21NO3. The van der Waals surface area contributed by atoms with E-state index < -0.39 is 18.1 Å². The molecule has 0 aliphatic heterocycles. The number of rotatable bonds is 4. The van der Waals surface area contributed by atoms with Crippen molar-refractivity contribution in [3.8, 4) is 0 Å². The molecule has 0 aromatic heterocycles. The minimum Gasteiger partial charge on any atom is -0.480 e. The van der Waals surface area contributed by atoms with Crippen LogP contribution < -0.4 is 5.32 Å². The van der Waals surface area contributed by atoms with Gasteiger partial charge in [-0.1, -0.05) is 19.9 Å². The molecule has 0 amide bonds. The number of carbonyl (C=O) groups is 1. The number of likely N-dealkylation sites (N-methyl/N-ethyl adjacent to an activating group) is 1. The first-order valence-corrected chi connectivity index (χ1v) is 4.57. The molecule has 0 aliphatic carbocycles. The van der Waals surface area contributed by atoms with E-state index >= 15 is 0 Å². The molecule has 3 N–H and O–H groups in total. The van der Waals surface area contributed by atoms with Crippen molar-refractivity contribution in [1.29, 1.82) is 0 Å². The van der Waals surface area contributed by atoms with Crippen LogP contribution in [0.5, 0.6) is 0 Å². The van der Waals surface area contributed by atoms with Gasteiger partial charge in [0.2, 0.25) is 0 Å². The summed E-state index contributed by atoms with van der Waals surface area (Å²) in [5.74, 6) is -1.07. The van der Waals surface area contributed by atoms with Crippen LogP contribution in [-0.2, 0) is 4.79 Å². The van der Waals surface area contributed by atoms with Crippen LogP contribution in [0.15, 0.2) is 12.7 Å². The highest BCUT2D eigenvalue weighted by Crippen LogP contribution is 2.05. The maximum absolute atomic E-state index is 10.5. The second-order valence-corrected chi connectivity index (χ2v) is 3.25. The zero-order chi connectivity index (χ0) is 11.7. The van der Waals surface area contributed by atoms with E-state index in [-0.39, 0.29) is 5.92 Å². The lowest BCUT2D eigenvalue weighted by molar-refractivity contribution is -0.143. The number of aliphatic hydroxyl groups excluding tert-OH is 1. The van der Waals surface area contributed by atoms with Crippen LogP contribution in [0.25, 0.3) is 0 Å². The summed E-state index contributed by atoms with van der Waals surface area (Å²) in [4.78, 5) is 10.5. The van der Waals surface area contributed by atoms with E-state index in [0.29, 0.717) is 0 Å². The van der Waals surface area contributed by atoms with E-state index in [9.17, 15) is 9.90 Å². The van der Waals surface area contributed by atoms with Crippen molar-refractivity contribution in [2.45, 2.75) is 32.9 Å². The van der Waals surface area contributed by atoms with Gasteiger partial charge in [0.15, 0.2) is 0 Å². The van der Waals surface area contributed by atoms with Crippen LogP contribution in [-0.4, -0.2) is 35.4 Å². The lowest BCUT2D eigenvalue weighted by atomic mass is 10.0. The fourth-order valence-corrected chi connectivity index (χ4v) is 0.825. The number of nitrogens with one attached hydrogen (secondary N) is 1. The number of allylic oxidation sites excluding steroid dienone is 1. The van der Waals surface area contributed by atoms with Crippen molar-refractivity contribution in [2.75, 3.05) is 7.05 Å². The van der Waals surface area contributed by atoms with Gasteiger partial charge in [0.1, 0.15) is 6.04 Å². The summed E-state index contributed by atoms with van der Waals surface area (Å²) >= 11 is 0. The standard InChI is InChI=1S/C7H15NO3.C3H6/c1-4(2)6(9)5(8-3)7(10)11;1-3-2/h4-6,8-9H,1-3H3,(H,10,11);3H,1H2,2H3/t5-,6+;/m0./s1. The summed E-state index contributed by atoms with van der Waals surface area (Å²) in [5, 5.41) is 20.4. The van der Waals surface area contributed by atoms with Gasteiger partial charge in [-0.15, -0.1) is 6.58 Å². The van der Waals surface area contributed by atoms with Gasteiger partial charge in [0, 0.05) is 0 Å². The van der Waals surface area contributed by atoms with Gasteiger partial charge in [0.25, 0.3) is 0 Å². The minimum absolute atomic E-state index is 0.0523. The third-order valence-electron chi connectivity index (χ3n) is 1.60. The number of hydrogen-bond acceptors (Lipinski definition) is 3. The summed E-state index contributed by atoms with van der Waals surface area (Å²) in [6.07, 6.45) is 0.914. The highest BCUT2D eigenvalue weighted by molar-refractivity contribution is 5.74. The Labute approximate surface area is 85.6 Å². The van der Waals surface area contributed by atoms with Crippen LogP contribution in [0.4, 0.5) is 0 Å². The van der Waals surface area contributed by atoms with E-state index in [1.165, 1.54) is 7.05 Å². The second kappa shape index (κ2) is 8.72. The van der Waals surface area contributed by atoms with Crippen LogP contribution in [0.1, 0.15) is 20.8 Å². The Bertz CT molecular complexity index is 169. The Kier molecular flexibility index (Phi) is 9.71. The van der Waals surface area contributed by atoms with Gasteiger partial charge >= 0.3 is 5.97 Å². The first-order chi connectivity index (χ1) is 6.42. The summed E-state index contributed by atoms with van der Waals surface area (Å²) < 4.78 is 0. The molecule has 0 unspecified atom stereocenters. The predicted octanol–water partition coefficient (Wildman–Crippen LogP) is 0.868. The molecule has 0 aromatic carbocycles. The molecule has 0 heterocycles. The molecule has 4 nitrogen and oxygen atoms in total. The number of carboxylic acid groups (broad SMARTS) is 1. The molecule has 0 fully saturated rings. The third kappa shape index (κ3) is 6.62. The average molecular weight is 203 g/mol. The molecule has 0 bridgehead atoms. The molecule has 0 saturated heterocycles. The predicted molar refractivity (Wildman–Crippen MR) is 57.2 cm³/mol. The summed E-state index contributed by atoms with van der Waals surface area (Å²) in [6.45, 7) is 8.80. The Morgan fingerprint density at radius 1 is 1.50 bits per heavy atom. The van der Waals surface area contributed by atoms with Gasteiger partial charge in [-0.25, -0.2) is 0 Å². The number of hydrogen-bond donors (Lipinski definition) is 3. The molecule has 0 aliphatic rings. The zero-order valence-corrected chi connectivity index (χ0v) is 9.32. The molecule has 2 atom stereocenters. The smallest absolute Gasteiger partial charge is 0.323 e. The number of aliphatic carboxylic acids is 1. The fourth-order valence-electron chi connectivity index (χ4n) is 0.825. The summed E-state index contributed by atoms with van der Waals surface area (Å²) in [5.41, 5.74) is 0. The quantitative estimate of drug-likeness (QED) is 0.593. The molecule has 0 radical (unpaired) electrons. The van der Waals surface area contributed by atoms with Crippen molar-refractivity contribution in [3.05, 3.63) is 12.7 Å². The van der Waals surface area contributed by atoms with E-state index in [0.717, 1.165) is 0 Å². The maximum Gasteiger partial charge on any atom is 0.323 e. The molecule has 0 rings (SSSR count). The van der Waals surface area contributed by atoms with Crippen molar-refractivity contribution in [2.24, 2.45) is 5.92 Å². The van der Waals surface area contributed by atoms with Gasteiger partial charge in [-0.05, 0) is 19.9 Å². The first-order valence-electron chi connectivity index (χ1n) is 4.57. The Balaban J connectivity index is 0. The molecular weight excluding hydrogens is 182 g/mol. The van der Waals surface area contributed by atoms with Crippen LogP contribution in [0, 0.1) is 5.92 Å². The highest BCUT2D eigenvalue weighted by Gasteiger charge is 2.26. The fraction of sp³-hybridized carbons (Fsp3) is 0.700. The van der Waals surface area contributed by atoms with Gasteiger partial charge < -0.3 is 15.5 Å². The van der Waals surface area contributed by atoms with Crippen LogP contribution in [0.2, 0.25) is 0 Å². The summed E-state index contributed by atoms with van der Waals surface area (Å²) in [6, 6.07) is -0.866. The average Bonchev–Trinajstić information content (AvgIpc) is 2.05. The van der Waals surface area contributed by atoms with Gasteiger partial charge in [-0.3, -0.25) is 4.79 Å². The topological polar surface area (TPSA) is 69.6 Å². The number of carboxylic acids is 1. The largest absolute Gasteiger partial charge is 0.480 e. The maximum atomic E-state index is 10.5. The lowest BCUT2D eigenvalue weighted by Crippen LogP contribution is -2.46. The van der Waals surface area contributed by atoms with E-state index in [1.54, 1.807) is 19.9 Å². The molecule has 0 saturated carbocycles. The van der Waals surface area contributed by atoms with E-state index in [4.69, 9.17) is 5.11 Å². The van der Waals surface area contributed by atoms with Crippen molar-refractivity contribution in [3.63, 3.8) is 0 Å². The first kappa shape index (κ1) is 15.6. The third-order valence-corrected chi connectivity index (χ3v) is 1.60. The Morgan fingerprint density at radius 3 is 1.93 bits per heavy atom. The minimum atomic E-state index is -1.02. The highest BCUT2D eigenvalue weighted by atomic mass is 16.4. The Morgan fingerprint density at radius 2 is 1.86 bits per heavy atom. The molecule has 84 valence electrons. The van der Waals surface area contributed by atoms with Crippen molar-refractivity contribution < 1.29 is 15.0 Å². The molecule has 0 aromatic rings. The zero-order valence-electron chi connectivity index (χ0n) is 9.32. The second-order valence-electron chi connectivity index (χ2n) is 3.25.